The van der Waals surface area contributed by atoms with Crippen LogP contribution in [0, 0.1) is 5.41 Å². The van der Waals surface area contributed by atoms with E-state index in [1.54, 1.807) is 25.3 Å². The largest absolute Gasteiger partial charge is 0.497 e. The van der Waals surface area contributed by atoms with Gasteiger partial charge in [0.2, 0.25) is 0 Å². The van der Waals surface area contributed by atoms with Gasteiger partial charge in [0.1, 0.15) is 17.3 Å². The molecule has 5 heteroatoms. The number of amidine groups is 1. The van der Waals surface area contributed by atoms with Crippen LogP contribution in [0.25, 0.3) is 0 Å². The van der Waals surface area contributed by atoms with Crippen LogP contribution in [0.4, 0.5) is 0 Å². The minimum atomic E-state index is -0.0210. The molecule has 0 aliphatic heterocycles. The van der Waals surface area contributed by atoms with Crippen molar-refractivity contribution in [1.29, 1.82) is 5.41 Å². The van der Waals surface area contributed by atoms with Crippen LogP contribution in [0.15, 0.2) is 18.2 Å². The molecule has 0 unspecified atom stereocenters. The van der Waals surface area contributed by atoms with Gasteiger partial charge in [-0.1, -0.05) is 0 Å². The highest BCUT2D eigenvalue weighted by Crippen LogP contribution is 2.23. The van der Waals surface area contributed by atoms with E-state index in [1.165, 1.54) is 0 Å². The Morgan fingerprint density at radius 3 is 2.60 bits per heavy atom. The Hall–Kier alpha value is -1.42. The first kappa shape index (κ1) is 13.6. The Kier molecular flexibility index (Phi) is 5.56. The van der Waals surface area contributed by atoms with Crippen LogP contribution in [-0.2, 0) is 0 Å². The first-order chi connectivity index (χ1) is 6.69. The van der Waals surface area contributed by atoms with Crippen molar-refractivity contribution in [3.63, 3.8) is 0 Å². The van der Waals surface area contributed by atoms with Crippen LogP contribution in [0.5, 0.6) is 11.5 Å². The molecule has 0 atom stereocenters. The van der Waals surface area contributed by atoms with Crippen molar-refractivity contribution in [3.8, 4) is 11.5 Å². The van der Waals surface area contributed by atoms with Crippen molar-refractivity contribution in [2.45, 2.75) is 6.92 Å². The molecule has 4 nitrogen and oxygen atoms in total. The summed E-state index contributed by atoms with van der Waals surface area (Å²) in [6.45, 7) is 2.43. The maximum Gasteiger partial charge on any atom is 0.130 e. The maximum atomic E-state index is 7.37. The molecule has 0 spiro atoms. The summed E-state index contributed by atoms with van der Waals surface area (Å²) in [6, 6.07) is 5.21. The Bertz CT molecular complexity index is 342. The standard InChI is InChI=1S/C10H14N2O2.ClH/c1-3-14-9-5-4-7(13-2)6-8(9)10(11)12;/h4-6H,3H2,1-2H3,(H3,11,12);1H. The van der Waals surface area contributed by atoms with Crippen molar-refractivity contribution >= 4 is 18.2 Å². The van der Waals surface area contributed by atoms with Crippen LogP contribution in [0.3, 0.4) is 0 Å². The number of rotatable bonds is 4. The molecule has 0 radical (unpaired) electrons. The third-order valence-corrected chi connectivity index (χ3v) is 1.78. The summed E-state index contributed by atoms with van der Waals surface area (Å²) < 4.78 is 10.4. The van der Waals surface area contributed by atoms with E-state index in [0.29, 0.717) is 23.7 Å². The molecule has 0 aromatic heterocycles. The van der Waals surface area contributed by atoms with Crippen LogP contribution in [0.2, 0.25) is 0 Å². The molecule has 84 valence electrons. The summed E-state index contributed by atoms with van der Waals surface area (Å²) in [5, 5.41) is 7.37. The number of hydrogen-bond donors (Lipinski definition) is 2. The summed E-state index contributed by atoms with van der Waals surface area (Å²) in [4.78, 5) is 0. The Morgan fingerprint density at radius 2 is 2.13 bits per heavy atom. The second-order valence-electron chi connectivity index (χ2n) is 2.71. The van der Waals surface area contributed by atoms with E-state index >= 15 is 0 Å². The summed E-state index contributed by atoms with van der Waals surface area (Å²) in [6.07, 6.45) is 0. The number of methoxy groups -OCH3 is 1. The van der Waals surface area contributed by atoms with E-state index in [1.807, 2.05) is 6.92 Å². The Morgan fingerprint density at radius 1 is 1.47 bits per heavy atom. The molecule has 15 heavy (non-hydrogen) atoms. The van der Waals surface area contributed by atoms with Gasteiger partial charge in [-0.2, -0.15) is 0 Å². The normalized spacial score (nSPS) is 8.93. The topological polar surface area (TPSA) is 68.3 Å². The highest BCUT2D eigenvalue weighted by Gasteiger charge is 2.07. The minimum absolute atomic E-state index is 0. The summed E-state index contributed by atoms with van der Waals surface area (Å²) >= 11 is 0. The van der Waals surface area contributed by atoms with Gasteiger partial charge >= 0.3 is 0 Å². The third-order valence-electron chi connectivity index (χ3n) is 1.78. The minimum Gasteiger partial charge on any atom is -0.497 e. The summed E-state index contributed by atoms with van der Waals surface area (Å²) in [7, 11) is 1.57. The fourth-order valence-electron chi connectivity index (χ4n) is 1.13. The predicted octanol–water partition coefficient (Wildman–Crippen LogP) is 1.80. The first-order valence-corrected chi connectivity index (χ1v) is 4.34. The average molecular weight is 231 g/mol. The number of benzene rings is 1. The van der Waals surface area contributed by atoms with Crippen LogP contribution in [0.1, 0.15) is 12.5 Å². The number of nitrogens with two attached hydrogens (primary N) is 1. The van der Waals surface area contributed by atoms with E-state index in [2.05, 4.69) is 0 Å². The molecular weight excluding hydrogens is 216 g/mol. The first-order valence-electron chi connectivity index (χ1n) is 4.34. The zero-order valence-electron chi connectivity index (χ0n) is 8.74. The van der Waals surface area contributed by atoms with Gasteiger partial charge in [0.15, 0.2) is 0 Å². The van der Waals surface area contributed by atoms with E-state index in [0.717, 1.165) is 0 Å². The number of ether oxygens (including phenoxy) is 2. The van der Waals surface area contributed by atoms with Gasteiger partial charge in [-0.25, -0.2) is 0 Å². The van der Waals surface area contributed by atoms with Gasteiger partial charge in [-0.15, -0.1) is 12.4 Å². The molecule has 3 N–H and O–H groups in total. The molecule has 1 rings (SSSR count). The lowest BCUT2D eigenvalue weighted by Gasteiger charge is -2.10. The number of halogens is 1. The quantitative estimate of drug-likeness (QED) is 0.612. The Balaban J connectivity index is 0.00000196. The van der Waals surface area contributed by atoms with Gasteiger partial charge in [-0.05, 0) is 25.1 Å². The zero-order chi connectivity index (χ0) is 10.6. The second kappa shape index (κ2) is 6.14. The van der Waals surface area contributed by atoms with Crippen LogP contribution in [-0.4, -0.2) is 19.6 Å². The zero-order valence-corrected chi connectivity index (χ0v) is 9.56. The molecule has 0 bridgehead atoms. The molecule has 0 heterocycles. The lowest BCUT2D eigenvalue weighted by Crippen LogP contribution is -2.13. The Labute approximate surface area is 95.3 Å². The second-order valence-corrected chi connectivity index (χ2v) is 2.71. The maximum absolute atomic E-state index is 7.37. The highest BCUT2D eigenvalue weighted by molar-refractivity contribution is 5.98. The SMILES string of the molecule is CCOc1ccc(OC)cc1C(=N)N.Cl. The van der Waals surface area contributed by atoms with Gasteiger partial charge < -0.3 is 15.2 Å². The third kappa shape index (κ3) is 3.32. The van der Waals surface area contributed by atoms with Gasteiger partial charge in [-0.3, -0.25) is 5.41 Å². The van der Waals surface area contributed by atoms with Crippen molar-refractivity contribution < 1.29 is 9.47 Å². The number of nitrogens with one attached hydrogen (secondary N) is 1. The highest BCUT2D eigenvalue weighted by atomic mass is 35.5. The van der Waals surface area contributed by atoms with E-state index in [4.69, 9.17) is 20.6 Å². The van der Waals surface area contributed by atoms with Crippen molar-refractivity contribution in [2.24, 2.45) is 5.73 Å². The lowest BCUT2D eigenvalue weighted by molar-refractivity contribution is 0.338. The number of nitrogen functional groups attached to an aromatic ring is 1. The molecular formula is C10H15ClN2O2. The van der Waals surface area contributed by atoms with Crippen molar-refractivity contribution in [3.05, 3.63) is 23.8 Å². The van der Waals surface area contributed by atoms with Gasteiger partial charge in [0.25, 0.3) is 0 Å². The average Bonchev–Trinajstić information content (AvgIpc) is 2.18. The molecule has 0 saturated heterocycles. The molecule has 0 aliphatic carbocycles. The summed E-state index contributed by atoms with van der Waals surface area (Å²) in [5.41, 5.74) is 5.98. The smallest absolute Gasteiger partial charge is 0.130 e. The molecule has 0 saturated carbocycles. The van der Waals surface area contributed by atoms with Crippen LogP contribution < -0.4 is 15.2 Å². The molecule has 0 aliphatic rings. The van der Waals surface area contributed by atoms with E-state index in [-0.39, 0.29) is 18.2 Å². The fraction of sp³-hybridized carbons (Fsp3) is 0.300. The van der Waals surface area contributed by atoms with E-state index < -0.39 is 0 Å². The fourth-order valence-corrected chi connectivity index (χ4v) is 1.13. The molecule has 1 aromatic carbocycles. The lowest BCUT2D eigenvalue weighted by atomic mass is 10.1. The van der Waals surface area contributed by atoms with Crippen LogP contribution >= 0.6 is 12.4 Å². The van der Waals surface area contributed by atoms with Crippen molar-refractivity contribution in [2.75, 3.05) is 13.7 Å². The predicted molar refractivity (Wildman–Crippen MR) is 62.4 cm³/mol. The molecule has 1 aromatic rings. The van der Waals surface area contributed by atoms with E-state index in [9.17, 15) is 0 Å². The molecule has 0 amide bonds. The monoisotopic (exact) mass is 230 g/mol. The molecule has 0 fully saturated rings. The number of hydrogen-bond acceptors (Lipinski definition) is 3. The van der Waals surface area contributed by atoms with Gasteiger partial charge in [0, 0.05) is 0 Å². The van der Waals surface area contributed by atoms with Gasteiger partial charge in [0.05, 0.1) is 19.3 Å². The summed E-state index contributed by atoms with van der Waals surface area (Å²) in [5.74, 6) is 1.26. The van der Waals surface area contributed by atoms with Crippen molar-refractivity contribution in [1.82, 2.24) is 0 Å².